The van der Waals surface area contributed by atoms with Crippen molar-refractivity contribution in [2.24, 2.45) is 0 Å². The topological polar surface area (TPSA) is 83.4 Å². The normalized spacial score (nSPS) is 15.9. The van der Waals surface area contributed by atoms with E-state index in [0.717, 1.165) is 26.2 Å². The molecule has 0 unspecified atom stereocenters. The number of benzene rings is 1. The average molecular weight is 417 g/mol. The fourth-order valence-corrected chi connectivity index (χ4v) is 4.14. The first-order valence-electron chi connectivity index (χ1n) is 9.87. The Labute approximate surface area is 175 Å². The summed E-state index contributed by atoms with van der Waals surface area (Å²) >= 11 is 1.40. The van der Waals surface area contributed by atoms with E-state index in [-0.39, 0.29) is 17.9 Å². The standard InChI is InChI=1S/C20H28N6O2S/c1-4-26-18(15(2)21-19(28)16-8-6-5-7-9-16)22-23-20(26)29-14-17(27)25-12-10-24(3)11-13-25/h5-9,15H,4,10-14H2,1-3H3,(H,21,28)/t15-/m0/s1. The highest BCUT2D eigenvalue weighted by molar-refractivity contribution is 7.99. The van der Waals surface area contributed by atoms with Crippen molar-refractivity contribution in [3.63, 3.8) is 0 Å². The molecular formula is C20H28N6O2S. The van der Waals surface area contributed by atoms with Gasteiger partial charge in [-0.15, -0.1) is 10.2 Å². The lowest BCUT2D eigenvalue weighted by Gasteiger charge is -2.32. The molecule has 29 heavy (non-hydrogen) atoms. The van der Waals surface area contributed by atoms with Gasteiger partial charge in [-0.3, -0.25) is 9.59 Å². The fourth-order valence-electron chi connectivity index (χ4n) is 3.23. The third-order valence-corrected chi connectivity index (χ3v) is 5.96. The predicted molar refractivity (Wildman–Crippen MR) is 113 cm³/mol. The van der Waals surface area contributed by atoms with Gasteiger partial charge in [0.2, 0.25) is 5.91 Å². The van der Waals surface area contributed by atoms with E-state index >= 15 is 0 Å². The van der Waals surface area contributed by atoms with Gasteiger partial charge in [0.1, 0.15) is 0 Å². The van der Waals surface area contributed by atoms with Crippen LogP contribution in [0.1, 0.15) is 36.1 Å². The molecular weight excluding hydrogens is 388 g/mol. The van der Waals surface area contributed by atoms with Crippen LogP contribution in [0.15, 0.2) is 35.5 Å². The van der Waals surface area contributed by atoms with Crippen LogP contribution in [0.2, 0.25) is 0 Å². The molecule has 1 aromatic carbocycles. The van der Waals surface area contributed by atoms with E-state index in [1.807, 2.05) is 41.5 Å². The summed E-state index contributed by atoms with van der Waals surface area (Å²) in [6, 6.07) is 8.80. The van der Waals surface area contributed by atoms with E-state index in [0.29, 0.717) is 28.8 Å². The van der Waals surface area contributed by atoms with Crippen molar-refractivity contribution in [3.05, 3.63) is 41.7 Å². The van der Waals surface area contributed by atoms with Gasteiger partial charge in [0.15, 0.2) is 11.0 Å². The lowest BCUT2D eigenvalue weighted by atomic mass is 10.2. The number of carbonyl (C=O) groups is 2. The minimum absolute atomic E-state index is 0.126. The molecule has 1 fully saturated rings. The molecule has 1 saturated heterocycles. The number of hydrogen-bond acceptors (Lipinski definition) is 6. The smallest absolute Gasteiger partial charge is 0.251 e. The van der Waals surface area contributed by atoms with Crippen molar-refractivity contribution < 1.29 is 9.59 Å². The van der Waals surface area contributed by atoms with Crippen LogP contribution in [0.3, 0.4) is 0 Å². The molecule has 1 atom stereocenters. The number of thioether (sulfide) groups is 1. The van der Waals surface area contributed by atoms with E-state index in [9.17, 15) is 9.59 Å². The van der Waals surface area contributed by atoms with Gasteiger partial charge in [-0.05, 0) is 33.0 Å². The van der Waals surface area contributed by atoms with E-state index in [2.05, 4.69) is 27.5 Å². The second kappa shape index (κ2) is 9.89. The SMILES string of the molecule is CCn1c(SCC(=O)N2CCN(C)CC2)nnc1[C@H](C)NC(=O)c1ccccc1. The van der Waals surface area contributed by atoms with E-state index in [1.165, 1.54) is 11.8 Å². The summed E-state index contributed by atoms with van der Waals surface area (Å²) in [4.78, 5) is 29.0. The van der Waals surface area contributed by atoms with Crippen molar-refractivity contribution in [2.45, 2.75) is 31.6 Å². The molecule has 1 aliphatic rings. The molecule has 156 valence electrons. The molecule has 1 aromatic heterocycles. The molecule has 0 aliphatic carbocycles. The van der Waals surface area contributed by atoms with E-state index < -0.39 is 0 Å². The first-order valence-corrected chi connectivity index (χ1v) is 10.9. The maximum absolute atomic E-state index is 12.5. The molecule has 0 spiro atoms. The zero-order chi connectivity index (χ0) is 20.8. The van der Waals surface area contributed by atoms with Crippen molar-refractivity contribution in [2.75, 3.05) is 39.0 Å². The van der Waals surface area contributed by atoms with Gasteiger partial charge < -0.3 is 19.7 Å². The van der Waals surface area contributed by atoms with Crippen LogP contribution in [0, 0.1) is 0 Å². The minimum atomic E-state index is -0.294. The summed E-state index contributed by atoms with van der Waals surface area (Å²) in [6.45, 7) is 7.91. The van der Waals surface area contributed by atoms with Crippen LogP contribution in [-0.2, 0) is 11.3 Å². The highest BCUT2D eigenvalue weighted by Gasteiger charge is 2.22. The van der Waals surface area contributed by atoms with Gasteiger partial charge >= 0.3 is 0 Å². The summed E-state index contributed by atoms with van der Waals surface area (Å²) < 4.78 is 1.96. The van der Waals surface area contributed by atoms with Crippen LogP contribution in [0.25, 0.3) is 0 Å². The summed E-state index contributed by atoms with van der Waals surface area (Å²) in [5, 5.41) is 12.2. The Kier molecular flexibility index (Phi) is 7.27. The number of rotatable bonds is 7. The number of carbonyl (C=O) groups excluding carboxylic acids is 2. The molecule has 2 aromatic rings. The Morgan fingerprint density at radius 1 is 1.14 bits per heavy atom. The van der Waals surface area contributed by atoms with Crippen molar-refractivity contribution in [1.29, 1.82) is 0 Å². The van der Waals surface area contributed by atoms with Crippen molar-refractivity contribution in [3.8, 4) is 0 Å². The molecule has 2 heterocycles. The lowest BCUT2D eigenvalue weighted by Crippen LogP contribution is -2.47. The first kappa shape index (κ1) is 21.3. The maximum Gasteiger partial charge on any atom is 0.251 e. The largest absolute Gasteiger partial charge is 0.342 e. The number of amides is 2. The van der Waals surface area contributed by atoms with Gasteiger partial charge in [0.25, 0.3) is 5.91 Å². The van der Waals surface area contributed by atoms with E-state index in [1.54, 1.807) is 12.1 Å². The molecule has 1 aliphatic heterocycles. The van der Waals surface area contributed by atoms with Gasteiger partial charge in [-0.25, -0.2) is 0 Å². The predicted octanol–water partition coefficient (Wildman–Crippen LogP) is 1.66. The number of nitrogens with zero attached hydrogens (tertiary/aromatic N) is 5. The van der Waals surface area contributed by atoms with Crippen LogP contribution in [-0.4, -0.2) is 75.4 Å². The molecule has 0 bridgehead atoms. The van der Waals surface area contributed by atoms with Gasteiger partial charge in [-0.1, -0.05) is 30.0 Å². The Morgan fingerprint density at radius 2 is 1.83 bits per heavy atom. The summed E-state index contributed by atoms with van der Waals surface area (Å²) in [5.74, 6) is 1.00. The summed E-state index contributed by atoms with van der Waals surface area (Å²) in [5.41, 5.74) is 0.606. The highest BCUT2D eigenvalue weighted by atomic mass is 32.2. The number of nitrogens with one attached hydrogen (secondary N) is 1. The van der Waals surface area contributed by atoms with Crippen LogP contribution in [0.4, 0.5) is 0 Å². The monoisotopic (exact) mass is 416 g/mol. The Morgan fingerprint density at radius 3 is 2.48 bits per heavy atom. The zero-order valence-corrected chi connectivity index (χ0v) is 18.0. The third kappa shape index (κ3) is 5.36. The molecule has 8 nitrogen and oxygen atoms in total. The number of hydrogen-bond donors (Lipinski definition) is 1. The van der Waals surface area contributed by atoms with Gasteiger partial charge in [-0.2, -0.15) is 0 Å². The molecule has 0 saturated carbocycles. The first-order chi connectivity index (χ1) is 14.0. The highest BCUT2D eigenvalue weighted by Crippen LogP contribution is 2.21. The van der Waals surface area contributed by atoms with Crippen molar-refractivity contribution in [1.82, 2.24) is 29.9 Å². The summed E-state index contributed by atoms with van der Waals surface area (Å²) in [7, 11) is 2.07. The number of aromatic nitrogens is 3. The van der Waals surface area contributed by atoms with Crippen molar-refractivity contribution >= 4 is 23.6 Å². The Hall–Kier alpha value is -2.39. The van der Waals surface area contributed by atoms with Crippen LogP contribution in [0.5, 0.6) is 0 Å². The zero-order valence-electron chi connectivity index (χ0n) is 17.2. The molecule has 1 N–H and O–H groups in total. The Bertz CT molecular complexity index is 833. The average Bonchev–Trinajstić information content (AvgIpc) is 3.16. The fraction of sp³-hybridized carbons (Fsp3) is 0.500. The molecule has 9 heteroatoms. The summed E-state index contributed by atoms with van der Waals surface area (Å²) in [6.07, 6.45) is 0. The Balaban J connectivity index is 1.60. The van der Waals surface area contributed by atoms with Gasteiger partial charge in [0.05, 0.1) is 11.8 Å². The van der Waals surface area contributed by atoms with Gasteiger partial charge in [0, 0.05) is 38.3 Å². The lowest BCUT2D eigenvalue weighted by molar-refractivity contribution is -0.129. The molecule has 2 amide bonds. The second-order valence-electron chi connectivity index (χ2n) is 7.12. The number of likely N-dealkylation sites (N-methyl/N-ethyl adjacent to an activating group) is 1. The quantitative estimate of drug-likeness (QED) is 0.691. The molecule has 0 radical (unpaired) electrons. The van der Waals surface area contributed by atoms with E-state index in [4.69, 9.17) is 0 Å². The van der Waals surface area contributed by atoms with Crippen LogP contribution < -0.4 is 5.32 Å². The second-order valence-corrected chi connectivity index (χ2v) is 8.06. The minimum Gasteiger partial charge on any atom is -0.342 e. The molecule has 3 rings (SSSR count). The number of piperazine rings is 1. The third-order valence-electron chi connectivity index (χ3n) is 5.01. The maximum atomic E-state index is 12.5. The van der Waals surface area contributed by atoms with Crippen LogP contribution >= 0.6 is 11.8 Å².